The van der Waals surface area contributed by atoms with E-state index in [4.69, 9.17) is 0 Å². The molecule has 0 aromatic rings. The molecule has 2 heteroatoms. The van der Waals surface area contributed by atoms with Crippen LogP contribution in [-0.4, -0.2) is 12.9 Å². The van der Waals surface area contributed by atoms with Crippen LogP contribution in [0.2, 0.25) is 0 Å². The Labute approximate surface area is 44.1 Å². The van der Waals surface area contributed by atoms with Crippen molar-refractivity contribution in [3.8, 4) is 0 Å². The zero-order valence-corrected chi connectivity index (χ0v) is 4.81. The fraction of sp³-hybridized carbons (Fsp3) is 1.00. The van der Waals surface area contributed by atoms with Crippen molar-refractivity contribution in [1.29, 1.82) is 0 Å². The minimum atomic E-state index is -0.801. The summed E-state index contributed by atoms with van der Waals surface area (Å²) in [5.41, 5.74) is 0. The van der Waals surface area contributed by atoms with Gasteiger partial charge in [-0.3, -0.25) is 0 Å². The van der Waals surface area contributed by atoms with Crippen LogP contribution in [0, 0.1) is 0 Å². The van der Waals surface area contributed by atoms with Crippen molar-refractivity contribution in [2.45, 2.75) is 26.6 Å². The van der Waals surface area contributed by atoms with Gasteiger partial charge in [0.2, 0.25) is 0 Å². The summed E-state index contributed by atoms with van der Waals surface area (Å²) >= 11 is 0. The van der Waals surface area contributed by atoms with E-state index in [0.29, 0.717) is 13.0 Å². The highest BCUT2D eigenvalue weighted by molar-refractivity contribution is 4.29. The van der Waals surface area contributed by atoms with E-state index in [1.165, 1.54) is 0 Å². The maximum absolute atomic E-state index is 10.3. The lowest BCUT2D eigenvalue weighted by Gasteiger charge is -2.01. The minimum absolute atomic E-state index is 0.530. The van der Waals surface area contributed by atoms with E-state index < -0.39 is 6.29 Å². The van der Waals surface area contributed by atoms with Gasteiger partial charge in [-0.25, -0.2) is 5.11 Å². The number of hydrogen-bond donors (Lipinski definition) is 0. The Hall–Kier alpha value is -0.0800. The van der Waals surface area contributed by atoms with Gasteiger partial charge in [0, 0.05) is 6.61 Å². The molecule has 0 amide bonds. The van der Waals surface area contributed by atoms with Gasteiger partial charge in [-0.15, -0.1) is 0 Å². The molecule has 0 aromatic heterocycles. The van der Waals surface area contributed by atoms with Gasteiger partial charge in [-0.2, -0.15) is 0 Å². The van der Waals surface area contributed by atoms with E-state index in [9.17, 15) is 5.11 Å². The first-order valence-corrected chi connectivity index (χ1v) is 2.58. The largest absolute Gasteiger partial charge is 0.350 e. The standard InChI is InChI=1S/C5H11O2/c1-3-5(6)7-4-2/h5H,3-4H2,1-2H3. The van der Waals surface area contributed by atoms with E-state index >= 15 is 0 Å². The van der Waals surface area contributed by atoms with Crippen LogP contribution in [0.15, 0.2) is 0 Å². The molecule has 0 bridgehead atoms. The molecule has 0 N–H and O–H groups in total. The van der Waals surface area contributed by atoms with Gasteiger partial charge in [-0.1, -0.05) is 6.92 Å². The molecule has 1 unspecified atom stereocenters. The van der Waals surface area contributed by atoms with Gasteiger partial charge in [0.25, 0.3) is 0 Å². The van der Waals surface area contributed by atoms with Crippen molar-refractivity contribution in [3.05, 3.63) is 0 Å². The maximum Gasteiger partial charge on any atom is 0.190 e. The van der Waals surface area contributed by atoms with Crippen molar-refractivity contribution in [1.82, 2.24) is 0 Å². The predicted molar refractivity (Wildman–Crippen MR) is 26.4 cm³/mol. The Bertz CT molecular complexity index is 37.1. The molecule has 7 heavy (non-hydrogen) atoms. The predicted octanol–water partition coefficient (Wildman–Crippen LogP) is 1.19. The number of hydrogen-bond acceptors (Lipinski definition) is 1. The fourth-order valence-electron chi connectivity index (χ4n) is 0.304. The zero-order chi connectivity index (χ0) is 5.70. The van der Waals surface area contributed by atoms with Crippen molar-refractivity contribution < 1.29 is 9.84 Å². The molecular formula is C5H11O2. The molecule has 1 atom stereocenters. The molecule has 0 heterocycles. The lowest BCUT2D eigenvalue weighted by Crippen LogP contribution is -2.06. The van der Waals surface area contributed by atoms with Crippen LogP contribution >= 0.6 is 0 Å². The Morgan fingerprint density at radius 1 is 1.57 bits per heavy atom. The summed E-state index contributed by atoms with van der Waals surface area (Å²) in [7, 11) is 0. The van der Waals surface area contributed by atoms with Gasteiger partial charge in [0.05, 0.1) is 0 Å². The van der Waals surface area contributed by atoms with Crippen molar-refractivity contribution in [2.75, 3.05) is 6.61 Å². The highest BCUT2D eigenvalue weighted by atomic mass is 16.6. The van der Waals surface area contributed by atoms with Crippen LogP contribution in [0.1, 0.15) is 20.3 Å². The first-order valence-electron chi connectivity index (χ1n) is 2.58. The average molecular weight is 103 g/mol. The molecule has 0 rings (SSSR count). The van der Waals surface area contributed by atoms with Crippen LogP contribution in [0.25, 0.3) is 0 Å². The summed E-state index contributed by atoms with van der Waals surface area (Å²) in [6.07, 6.45) is -0.238. The molecule has 0 fully saturated rings. The smallest absolute Gasteiger partial charge is 0.190 e. The molecule has 0 spiro atoms. The fourth-order valence-corrected chi connectivity index (χ4v) is 0.304. The van der Waals surface area contributed by atoms with Gasteiger partial charge < -0.3 is 4.74 Å². The quantitative estimate of drug-likeness (QED) is 0.493. The molecule has 0 aromatic carbocycles. The van der Waals surface area contributed by atoms with Crippen LogP contribution in [-0.2, 0) is 9.84 Å². The van der Waals surface area contributed by atoms with Crippen molar-refractivity contribution in [3.63, 3.8) is 0 Å². The molecule has 0 aliphatic heterocycles. The molecule has 0 saturated heterocycles. The topological polar surface area (TPSA) is 29.1 Å². The monoisotopic (exact) mass is 103 g/mol. The summed E-state index contributed by atoms with van der Waals surface area (Å²) < 4.78 is 4.64. The van der Waals surface area contributed by atoms with Gasteiger partial charge in [0.1, 0.15) is 0 Å². The average Bonchev–Trinajstić information content (AvgIpc) is 1.68. The third-order valence-electron chi connectivity index (χ3n) is 0.686. The van der Waals surface area contributed by atoms with E-state index in [1.807, 2.05) is 13.8 Å². The molecule has 1 radical (unpaired) electrons. The highest BCUT2D eigenvalue weighted by Crippen LogP contribution is 1.90. The second-order valence-corrected chi connectivity index (χ2v) is 1.29. The van der Waals surface area contributed by atoms with E-state index in [0.717, 1.165) is 0 Å². The Morgan fingerprint density at radius 2 is 2.14 bits per heavy atom. The van der Waals surface area contributed by atoms with Gasteiger partial charge >= 0.3 is 0 Å². The molecular weight excluding hydrogens is 92.1 g/mol. The van der Waals surface area contributed by atoms with Crippen LogP contribution in [0.5, 0.6) is 0 Å². The Kier molecular flexibility index (Phi) is 4.04. The second kappa shape index (κ2) is 4.09. The van der Waals surface area contributed by atoms with E-state index in [2.05, 4.69) is 4.74 Å². The van der Waals surface area contributed by atoms with E-state index in [1.54, 1.807) is 0 Å². The minimum Gasteiger partial charge on any atom is -0.350 e. The normalized spacial score (nSPS) is 14.1. The van der Waals surface area contributed by atoms with Gasteiger partial charge in [-0.05, 0) is 13.3 Å². The second-order valence-electron chi connectivity index (χ2n) is 1.29. The van der Waals surface area contributed by atoms with E-state index in [-0.39, 0.29) is 0 Å². The number of rotatable bonds is 3. The van der Waals surface area contributed by atoms with Crippen LogP contribution in [0.3, 0.4) is 0 Å². The maximum atomic E-state index is 10.3. The van der Waals surface area contributed by atoms with Crippen molar-refractivity contribution in [2.24, 2.45) is 0 Å². The summed E-state index contributed by atoms with van der Waals surface area (Å²) in [6.45, 7) is 4.16. The first kappa shape index (κ1) is 6.92. The lowest BCUT2D eigenvalue weighted by molar-refractivity contribution is -0.136. The third-order valence-corrected chi connectivity index (χ3v) is 0.686. The zero-order valence-electron chi connectivity index (χ0n) is 4.81. The summed E-state index contributed by atoms with van der Waals surface area (Å²) in [5, 5.41) is 10.3. The molecule has 0 saturated carbocycles. The molecule has 0 aliphatic rings. The summed E-state index contributed by atoms with van der Waals surface area (Å²) in [6, 6.07) is 0. The molecule has 2 nitrogen and oxygen atoms in total. The third kappa shape index (κ3) is 3.76. The molecule has 0 aliphatic carbocycles. The summed E-state index contributed by atoms with van der Waals surface area (Å²) in [5.74, 6) is 0. The van der Waals surface area contributed by atoms with Crippen molar-refractivity contribution >= 4 is 0 Å². The Balaban J connectivity index is 2.83. The molecule has 43 valence electrons. The van der Waals surface area contributed by atoms with Crippen LogP contribution in [0.4, 0.5) is 0 Å². The first-order chi connectivity index (χ1) is 3.31. The van der Waals surface area contributed by atoms with Crippen LogP contribution < -0.4 is 0 Å². The SMILES string of the molecule is CCOC([O])CC. The number of ether oxygens (including phenoxy) is 1. The Morgan fingerprint density at radius 3 is 2.29 bits per heavy atom. The lowest BCUT2D eigenvalue weighted by atomic mass is 10.5. The summed E-state index contributed by atoms with van der Waals surface area (Å²) in [4.78, 5) is 0. The highest BCUT2D eigenvalue weighted by Gasteiger charge is 1.96. The van der Waals surface area contributed by atoms with Gasteiger partial charge in [0.15, 0.2) is 6.29 Å².